The van der Waals surface area contributed by atoms with Crippen molar-refractivity contribution >= 4 is 17.8 Å². The summed E-state index contributed by atoms with van der Waals surface area (Å²) in [6.45, 7) is 8.59. The van der Waals surface area contributed by atoms with Crippen molar-refractivity contribution in [3.05, 3.63) is 82.6 Å². The first-order chi connectivity index (χ1) is 13.5. The van der Waals surface area contributed by atoms with Gasteiger partial charge in [0.2, 0.25) is 0 Å². The fourth-order valence-electron chi connectivity index (χ4n) is 3.19. The number of rotatable bonds is 4. The molecule has 2 nitrogen and oxygen atoms in total. The molecule has 0 amide bonds. The van der Waals surface area contributed by atoms with Gasteiger partial charge in [0.1, 0.15) is 5.75 Å². The van der Waals surface area contributed by atoms with Crippen molar-refractivity contribution in [3.8, 4) is 5.75 Å². The van der Waals surface area contributed by atoms with Crippen LogP contribution >= 0.6 is 0 Å². The van der Waals surface area contributed by atoms with E-state index in [1.54, 1.807) is 12.1 Å². The van der Waals surface area contributed by atoms with E-state index in [0.29, 0.717) is 5.75 Å². The summed E-state index contributed by atoms with van der Waals surface area (Å²) in [5, 5.41) is 9.38. The molecular formula is C26H33NO. The van der Waals surface area contributed by atoms with E-state index in [9.17, 15) is 5.11 Å². The van der Waals surface area contributed by atoms with Crippen LogP contribution < -0.4 is 4.90 Å². The Morgan fingerprint density at radius 2 is 1.46 bits per heavy atom. The summed E-state index contributed by atoms with van der Waals surface area (Å²) in [6, 6.07) is 13.8. The van der Waals surface area contributed by atoms with Crippen molar-refractivity contribution in [3.63, 3.8) is 0 Å². The van der Waals surface area contributed by atoms with Crippen molar-refractivity contribution < 1.29 is 5.11 Å². The lowest BCUT2D eigenvalue weighted by molar-refractivity contribution is 0.475. The highest BCUT2D eigenvalue weighted by molar-refractivity contribution is 5.73. The zero-order chi connectivity index (χ0) is 20.5. The summed E-state index contributed by atoms with van der Waals surface area (Å²) >= 11 is 0. The first-order valence-corrected chi connectivity index (χ1v) is 10.1. The number of phenolic OH excluding ortho intramolecular Hbond substituents is 1. The Balaban J connectivity index is 0.000000878. The number of aromatic hydroxyl groups is 1. The van der Waals surface area contributed by atoms with Gasteiger partial charge in [-0.15, -0.1) is 0 Å². The topological polar surface area (TPSA) is 23.5 Å². The van der Waals surface area contributed by atoms with E-state index in [-0.39, 0.29) is 0 Å². The first-order valence-electron chi connectivity index (χ1n) is 10.1. The molecular weight excluding hydrogens is 342 g/mol. The van der Waals surface area contributed by atoms with Crippen molar-refractivity contribution in [2.75, 3.05) is 11.9 Å². The fourth-order valence-corrected chi connectivity index (χ4v) is 3.19. The molecule has 2 aromatic rings. The quantitative estimate of drug-likeness (QED) is 0.565. The zero-order valence-corrected chi connectivity index (χ0v) is 17.9. The van der Waals surface area contributed by atoms with Crippen LogP contribution in [0.1, 0.15) is 56.7 Å². The predicted molar refractivity (Wildman–Crippen MR) is 124 cm³/mol. The van der Waals surface area contributed by atoms with Crippen LogP contribution in [0.4, 0.5) is 5.69 Å². The second kappa shape index (κ2) is 10.6. The molecule has 0 aliphatic heterocycles. The van der Waals surface area contributed by atoms with Gasteiger partial charge in [-0.05, 0) is 67.2 Å². The molecule has 0 bridgehead atoms. The molecule has 0 saturated carbocycles. The molecule has 2 aromatic carbocycles. The van der Waals surface area contributed by atoms with Crippen LogP contribution in [-0.2, 0) is 0 Å². The fraction of sp³-hybridized carbons (Fsp3) is 0.308. The molecule has 0 fully saturated rings. The minimum absolute atomic E-state index is 0.292. The second-order valence-corrected chi connectivity index (χ2v) is 7.29. The third kappa shape index (κ3) is 5.88. The van der Waals surface area contributed by atoms with E-state index in [0.717, 1.165) is 18.4 Å². The number of allylic oxidation sites excluding steroid dienone is 3. The lowest BCUT2D eigenvalue weighted by Crippen LogP contribution is -2.19. The Bertz CT molecular complexity index is 857. The molecule has 2 heteroatoms. The standard InChI is InChI=1S/C23H25NO.C3H8/c1-17-6-4-5-7-22(17)24(3)23-16-20(9-8-18(23)2)11-10-19-12-14-21(25)15-13-19;1-3-2/h6-16,25H,4-5H2,1-3H3;3H2,1-2H3/b11-10+;. The van der Waals surface area contributed by atoms with E-state index in [1.165, 1.54) is 34.5 Å². The summed E-state index contributed by atoms with van der Waals surface area (Å²) in [5.41, 5.74) is 7.38. The molecule has 1 aliphatic carbocycles. The number of phenols is 1. The first kappa shape index (κ1) is 21.6. The number of nitrogens with zero attached hydrogens (tertiary/aromatic N) is 1. The number of benzene rings is 2. The Morgan fingerprint density at radius 3 is 2.11 bits per heavy atom. The van der Waals surface area contributed by atoms with E-state index in [1.807, 2.05) is 12.1 Å². The van der Waals surface area contributed by atoms with Crippen LogP contribution in [0, 0.1) is 6.92 Å². The predicted octanol–water partition coefficient (Wildman–Crippen LogP) is 7.35. The minimum Gasteiger partial charge on any atom is -0.508 e. The van der Waals surface area contributed by atoms with E-state index >= 15 is 0 Å². The third-order valence-electron chi connectivity index (χ3n) is 4.68. The Kier molecular flexibility index (Phi) is 8.13. The van der Waals surface area contributed by atoms with Crippen LogP contribution in [0.25, 0.3) is 12.2 Å². The molecule has 148 valence electrons. The Hall–Kier alpha value is -2.74. The number of anilines is 1. The van der Waals surface area contributed by atoms with E-state index < -0.39 is 0 Å². The average Bonchev–Trinajstić information content (AvgIpc) is 2.69. The highest BCUT2D eigenvalue weighted by Gasteiger charge is 2.13. The van der Waals surface area contributed by atoms with Gasteiger partial charge in [0.25, 0.3) is 0 Å². The van der Waals surface area contributed by atoms with Crippen LogP contribution in [-0.4, -0.2) is 12.2 Å². The monoisotopic (exact) mass is 375 g/mol. The summed E-state index contributed by atoms with van der Waals surface area (Å²) in [5.74, 6) is 0.292. The molecule has 0 radical (unpaired) electrons. The van der Waals surface area contributed by atoms with Crippen LogP contribution in [0.2, 0.25) is 0 Å². The maximum absolute atomic E-state index is 9.38. The third-order valence-corrected chi connectivity index (χ3v) is 4.68. The Labute approximate surface area is 170 Å². The average molecular weight is 376 g/mol. The molecule has 1 N–H and O–H groups in total. The molecule has 0 heterocycles. The van der Waals surface area contributed by atoms with Gasteiger partial charge in [0.15, 0.2) is 0 Å². The maximum Gasteiger partial charge on any atom is 0.115 e. The van der Waals surface area contributed by atoms with Crippen LogP contribution in [0.3, 0.4) is 0 Å². The summed E-state index contributed by atoms with van der Waals surface area (Å²) in [4.78, 5) is 2.29. The SMILES string of the molecule is CC1=CCCC=C1N(C)c1cc(/C=C/c2ccc(O)cc2)ccc1C.CCC. The molecule has 0 unspecified atom stereocenters. The highest BCUT2D eigenvalue weighted by Crippen LogP contribution is 2.29. The summed E-state index contributed by atoms with van der Waals surface area (Å²) in [7, 11) is 2.14. The molecule has 1 aliphatic rings. The number of aryl methyl sites for hydroxylation is 1. The van der Waals surface area contributed by atoms with Gasteiger partial charge in [-0.1, -0.05) is 68.8 Å². The Morgan fingerprint density at radius 1 is 0.893 bits per heavy atom. The molecule has 0 saturated heterocycles. The van der Waals surface area contributed by atoms with E-state index in [2.05, 4.69) is 82.1 Å². The maximum atomic E-state index is 9.38. The second-order valence-electron chi connectivity index (χ2n) is 7.29. The van der Waals surface area contributed by atoms with E-state index in [4.69, 9.17) is 0 Å². The largest absolute Gasteiger partial charge is 0.508 e. The summed E-state index contributed by atoms with van der Waals surface area (Å²) < 4.78 is 0. The van der Waals surface area contributed by atoms with Gasteiger partial charge in [0.05, 0.1) is 0 Å². The molecule has 0 aromatic heterocycles. The number of hydrogen-bond donors (Lipinski definition) is 1. The number of likely N-dealkylation sites (N-methyl/N-ethyl adjacent to an activating group) is 1. The van der Waals surface area contributed by atoms with Crippen molar-refractivity contribution in [1.82, 2.24) is 0 Å². The lowest BCUT2D eigenvalue weighted by Gasteiger charge is -2.27. The van der Waals surface area contributed by atoms with Crippen molar-refractivity contribution in [2.45, 2.75) is 47.0 Å². The normalized spacial score (nSPS) is 13.5. The molecule has 28 heavy (non-hydrogen) atoms. The lowest BCUT2D eigenvalue weighted by atomic mass is 10.0. The smallest absolute Gasteiger partial charge is 0.115 e. The van der Waals surface area contributed by atoms with Gasteiger partial charge in [-0.25, -0.2) is 0 Å². The van der Waals surface area contributed by atoms with Gasteiger partial charge < -0.3 is 10.0 Å². The summed E-state index contributed by atoms with van der Waals surface area (Å²) in [6.07, 6.45) is 12.3. The van der Waals surface area contributed by atoms with Gasteiger partial charge in [-0.3, -0.25) is 0 Å². The van der Waals surface area contributed by atoms with Gasteiger partial charge >= 0.3 is 0 Å². The van der Waals surface area contributed by atoms with Crippen LogP contribution in [0.5, 0.6) is 5.75 Å². The highest BCUT2D eigenvalue weighted by atomic mass is 16.3. The van der Waals surface area contributed by atoms with Crippen LogP contribution in [0.15, 0.2) is 65.9 Å². The zero-order valence-electron chi connectivity index (χ0n) is 17.9. The molecule has 0 atom stereocenters. The van der Waals surface area contributed by atoms with Crippen molar-refractivity contribution in [2.24, 2.45) is 0 Å². The van der Waals surface area contributed by atoms with Gasteiger partial charge in [-0.2, -0.15) is 0 Å². The molecule has 0 spiro atoms. The number of hydrogen-bond acceptors (Lipinski definition) is 2. The molecule has 3 rings (SSSR count). The van der Waals surface area contributed by atoms with Gasteiger partial charge in [0, 0.05) is 18.4 Å². The minimum atomic E-state index is 0.292. The van der Waals surface area contributed by atoms with Crippen molar-refractivity contribution in [1.29, 1.82) is 0 Å².